The van der Waals surface area contributed by atoms with Crippen molar-refractivity contribution in [3.8, 4) is 0 Å². The first kappa shape index (κ1) is 10.6. The lowest BCUT2D eigenvalue weighted by atomic mass is 10.3. The molecular weight excluding hydrogens is 207 g/mol. The van der Waals surface area contributed by atoms with Gasteiger partial charge >= 0.3 is 12.3 Å². The Kier molecular flexibility index (Phi) is 3.07. The maximum absolute atomic E-state index is 12.0. The highest BCUT2D eigenvalue weighted by atomic mass is 32.2. The number of carbonyl (C=O) groups is 1. The Labute approximate surface area is 76.9 Å². The van der Waals surface area contributed by atoms with Crippen molar-refractivity contribution in [1.82, 2.24) is 4.90 Å². The average molecular weight is 215 g/mol. The summed E-state index contributed by atoms with van der Waals surface area (Å²) >= 11 is 1.03. The summed E-state index contributed by atoms with van der Waals surface area (Å²) in [4.78, 5) is 10.5. The van der Waals surface area contributed by atoms with Crippen LogP contribution < -0.4 is 0 Å². The summed E-state index contributed by atoms with van der Waals surface area (Å²) in [6.45, 7) is -0.222. The molecule has 7 heteroatoms. The van der Waals surface area contributed by atoms with E-state index in [9.17, 15) is 18.0 Å². The number of nitrogens with zero attached hydrogens (tertiary/aromatic N) is 1. The topological polar surface area (TPSA) is 40.5 Å². The summed E-state index contributed by atoms with van der Waals surface area (Å²) < 4.78 is 36.1. The second-order valence-electron chi connectivity index (χ2n) is 2.71. The molecule has 0 aromatic heterocycles. The largest absolute Gasteiger partial charge is 0.481 e. The highest BCUT2D eigenvalue weighted by molar-refractivity contribution is 8.00. The van der Waals surface area contributed by atoms with Gasteiger partial charge in [0.1, 0.15) is 0 Å². The summed E-state index contributed by atoms with van der Waals surface area (Å²) in [5.74, 6) is -1.22. The van der Waals surface area contributed by atoms with Crippen molar-refractivity contribution in [2.45, 2.75) is 18.0 Å². The fourth-order valence-corrected chi connectivity index (χ4v) is 2.23. The fourth-order valence-electron chi connectivity index (χ4n) is 1.04. The third-order valence-electron chi connectivity index (χ3n) is 1.65. The van der Waals surface area contributed by atoms with Crippen LogP contribution in [0.25, 0.3) is 0 Å². The van der Waals surface area contributed by atoms with Gasteiger partial charge in [-0.1, -0.05) is 0 Å². The van der Waals surface area contributed by atoms with E-state index in [4.69, 9.17) is 5.11 Å². The average Bonchev–Trinajstić information content (AvgIpc) is 2.32. The lowest BCUT2D eigenvalue weighted by Crippen LogP contribution is -2.36. The van der Waals surface area contributed by atoms with E-state index in [0.29, 0.717) is 4.90 Å². The van der Waals surface area contributed by atoms with Gasteiger partial charge in [0.2, 0.25) is 0 Å². The summed E-state index contributed by atoms with van der Waals surface area (Å²) in [6, 6.07) is 0. The van der Waals surface area contributed by atoms with Crippen LogP contribution in [0.2, 0.25) is 0 Å². The first-order valence-electron chi connectivity index (χ1n) is 3.55. The van der Waals surface area contributed by atoms with Crippen LogP contribution in [0.1, 0.15) is 6.42 Å². The van der Waals surface area contributed by atoms with Gasteiger partial charge in [0.05, 0.1) is 12.3 Å². The number of alkyl halides is 3. The van der Waals surface area contributed by atoms with Gasteiger partial charge in [0.25, 0.3) is 0 Å². The van der Waals surface area contributed by atoms with Gasteiger partial charge in [-0.15, -0.1) is 11.8 Å². The molecule has 1 rings (SSSR count). The van der Waals surface area contributed by atoms with E-state index >= 15 is 0 Å². The Morgan fingerprint density at radius 3 is 2.62 bits per heavy atom. The monoisotopic (exact) mass is 215 g/mol. The van der Waals surface area contributed by atoms with Gasteiger partial charge in [-0.3, -0.25) is 4.79 Å². The summed E-state index contributed by atoms with van der Waals surface area (Å²) in [5.41, 5.74) is 0. The van der Waals surface area contributed by atoms with Crippen LogP contribution in [0, 0.1) is 0 Å². The molecule has 0 bridgehead atoms. The number of thioether (sulfide) groups is 1. The van der Waals surface area contributed by atoms with E-state index in [1.807, 2.05) is 0 Å². The molecule has 0 spiro atoms. The first-order valence-corrected chi connectivity index (χ1v) is 4.59. The molecule has 1 heterocycles. The number of carboxylic acids is 1. The van der Waals surface area contributed by atoms with Crippen LogP contribution in [-0.2, 0) is 4.79 Å². The van der Waals surface area contributed by atoms with E-state index in [0.717, 1.165) is 11.8 Å². The smallest absolute Gasteiger partial charge is 0.460 e. The highest BCUT2D eigenvalue weighted by Crippen LogP contribution is 2.33. The van der Waals surface area contributed by atoms with Gasteiger partial charge in [-0.05, 0) is 0 Å². The van der Waals surface area contributed by atoms with Crippen molar-refractivity contribution in [2.75, 3.05) is 12.4 Å². The zero-order valence-electron chi connectivity index (χ0n) is 6.54. The molecule has 1 atom stereocenters. The van der Waals surface area contributed by atoms with Gasteiger partial charge in [0, 0.05) is 11.8 Å². The molecule has 0 aromatic carbocycles. The molecule has 13 heavy (non-hydrogen) atoms. The van der Waals surface area contributed by atoms with E-state index in [1.165, 1.54) is 0 Å². The molecule has 1 saturated heterocycles. The lowest BCUT2D eigenvalue weighted by Gasteiger charge is -2.17. The van der Waals surface area contributed by atoms with E-state index in [-0.39, 0.29) is 18.8 Å². The molecule has 3 nitrogen and oxygen atoms in total. The number of hydrogen-bond acceptors (Lipinski definition) is 3. The second-order valence-corrected chi connectivity index (χ2v) is 3.96. The minimum absolute atomic E-state index is 0.165. The van der Waals surface area contributed by atoms with Crippen molar-refractivity contribution in [1.29, 1.82) is 0 Å². The predicted molar refractivity (Wildman–Crippen MR) is 41.3 cm³/mol. The van der Waals surface area contributed by atoms with E-state index in [2.05, 4.69) is 0 Å². The molecule has 0 amide bonds. The van der Waals surface area contributed by atoms with Gasteiger partial charge in [0.15, 0.2) is 0 Å². The van der Waals surface area contributed by atoms with Gasteiger partial charge in [-0.2, -0.15) is 13.2 Å². The van der Waals surface area contributed by atoms with E-state index in [1.54, 1.807) is 0 Å². The molecule has 0 radical (unpaired) electrons. The molecule has 1 unspecified atom stereocenters. The molecule has 1 fully saturated rings. The zero-order valence-corrected chi connectivity index (χ0v) is 7.36. The molecule has 0 saturated carbocycles. The number of aliphatic carboxylic acids is 1. The molecule has 76 valence electrons. The summed E-state index contributed by atoms with van der Waals surface area (Å²) in [7, 11) is 0. The quantitative estimate of drug-likeness (QED) is 0.706. The van der Waals surface area contributed by atoms with Crippen LogP contribution in [0.3, 0.4) is 0 Å². The van der Waals surface area contributed by atoms with Crippen molar-refractivity contribution < 1.29 is 23.1 Å². The Bertz CT molecular complexity index is 209. The van der Waals surface area contributed by atoms with Crippen LogP contribution in [0.15, 0.2) is 0 Å². The summed E-state index contributed by atoms with van der Waals surface area (Å²) in [6.07, 6.45) is -4.54. The number of halogens is 3. The first-order chi connectivity index (χ1) is 5.89. The molecule has 1 N–H and O–H groups in total. The van der Waals surface area contributed by atoms with Crippen molar-refractivity contribution >= 4 is 17.7 Å². The van der Waals surface area contributed by atoms with Gasteiger partial charge in [-0.25, -0.2) is 4.90 Å². The maximum Gasteiger partial charge on any atom is 0.460 e. The lowest BCUT2D eigenvalue weighted by molar-refractivity contribution is -0.236. The van der Waals surface area contributed by atoms with Crippen molar-refractivity contribution in [3.63, 3.8) is 0 Å². The van der Waals surface area contributed by atoms with Crippen LogP contribution in [-0.4, -0.2) is 39.9 Å². The standard InChI is InChI=1S/C6H8F3NO2S/c7-6(8,9)10-2-4(13-3-10)1-5(11)12/h4H,1-3H2,(H,11,12). The Hall–Kier alpha value is -0.430. The number of rotatable bonds is 2. The Morgan fingerprint density at radius 2 is 2.23 bits per heavy atom. The molecule has 1 aliphatic rings. The molecule has 1 aliphatic heterocycles. The minimum atomic E-state index is -4.33. The van der Waals surface area contributed by atoms with E-state index < -0.39 is 17.5 Å². The third-order valence-corrected chi connectivity index (χ3v) is 2.90. The van der Waals surface area contributed by atoms with Crippen molar-refractivity contribution in [3.05, 3.63) is 0 Å². The number of hydrogen-bond donors (Lipinski definition) is 1. The highest BCUT2D eigenvalue weighted by Gasteiger charge is 2.42. The minimum Gasteiger partial charge on any atom is -0.481 e. The normalized spacial score (nSPS) is 25.0. The van der Waals surface area contributed by atoms with Crippen LogP contribution >= 0.6 is 11.8 Å². The second kappa shape index (κ2) is 3.75. The third kappa shape index (κ3) is 3.07. The molecular formula is C6H8F3NO2S. The predicted octanol–water partition coefficient (Wildman–Crippen LogP) is 1.36. The maximum atomic E-state index is 12.0. The van der Waals surface area contributed by atoms with Crippen LogP contribution in [0.4, 0.5) is 13.2 Å². The fraction of sp³-hybridized carbons (Fsp3) is 0.833. The zero-order chi connectivity index (χ0) is 10.1. The van der Waals surface area contributed by atoms with Crippen LogP contribution in [0.5, 0.6) is 0 Å². The summed E-state index contributed by atoms with van der Waals surface area (Å²) in [5, 5.41) is 7.90. The van der Waals surface area contributed by atoms with Gasteiger partial charge < -0.3 is 5.11 Å². The Balaban J connectivity index is 2.41. The SMILES string of the molecule is O=C(O)CC1CN(C(F)(F)F)CS1. The molecule has 0 aromatic rings. The molecule has 0 aliphatic carbocycles. The van der Waals surface area contributed by atoms with Crippen molar-refractivity contribution in [2.24, 2.45) is 0 Å². The number of carboxylic acid groups (broad SMARTS) is 1. The Morgan fingerprint density at radius 1 is 1.62 bits per heavy atom.